The number of carbonyl (C=O) groups is 3. The molecule has 82 heavy (non-hydrogen) atoms. The summed E-state index contributed by atoms with van der Waals surface area (Å²) in [7, 11) is 2.70. The topological polar surface area (TPSA) is 247 Å². The van der Waals surface area contributed by atoms with E-state index in [4.69, 9.17) is 9.84 Å². The zero-order valence-electron chi connectivity index (χ0n) is 47.4. The molecule has 12 rings (SSSR count). The number of carbonyl (C=O) groups excluding carboxylic acids is 2. The van der Waals surface area contributed by atoms with Gasteiger partial charge in [-0.15, -0.1) is 0 Å². The van der Waals surface area contributed by atoms with Gasteiger partial charge in [-0.05, 0) is 136 Å². The first-order chi connectivity index (χ1) is 39.9. The number of fused-ring (bicyclic) bond motifs is 3. The van der Waals surface area contributed by atoms with E-state index in [1.165, 1.54) is 148 Å². The van der Waals surface area contributed by atoms with Crippen molar-refractivity contribution >= 4 is 62.4 Å². The second-order valence-electron chi connectivity index (χ2n) is 22.6. The number of carboxylic acid groups (broad SMARTS) is 1. The average molecular weight is 1120 g/mol. The maximum atomic E-state index is 11.6. The molecule has 4 aliphatic rings. The predicted octanol–water partition coefficient (Wildman–Crippen LogP) is 13.4. The quantitative estimate of drug-likeness (QED) is 0.0450. The summed E-state index contributed by atoms with van der Waals surface area (Å²) in [5.74, 6) is 1.08. The smallest absolute Gasteiger partial charge is 0.337 e. The van der Waals surface area contributed by atoms with Crippen LogP contribution in [0.25, 0.3) is 44.4 Å². The molecule has 19 nitrogen and oxygen atoms in total. The molecule has 434 valence electrons. The molecule has 4 saturated carbocycles. The monoisotopic (exact) mass is 1120 g/mol. The number of aromatic amines is 2. The van der Waals surface area contributed by atoms with E-state index in [2.05, 4.69) is 55.0 Å². The van der Waals surface area contributed by atoms with Crippen LogP contribution in [-0.4, -0.2) is 87.6 Å². The minimum absolute atomic E-state index is 0.0153. The van der Waals surface area contributed by atoms with Gasteiger partial charge in [-0.2, -0.15) is 0 Å². The number of aromatic carboxylic acids is 1. The molecular formula is C63H78N10O9. The molecule has 4 aromatic carbocycles. The van der Waals surface area contributed by atoms with E-state index in [1.807, 2.05) is 43.2 Å². The minimum Gasteiger partial charge on any atom is -0.478 e. The normalized spacial score (nSPS) is 16.3. The Hall–Kier alpha value is -8.09. The summed E-state index contributed by atoms with van der Waals surface area (Å²) < 4.78 is 16.0. The lowest BCUT2D eigenvalue weighted by Crippen LogP contribution is -2.18. The van der Waals surface area contributed by atoms with Crippen LogP contribution < -0.4 is 10.9 Å². The third-order valence-electron chi connectivity index (χ3n) is 16.9. The number of nitrogens with zero attached hydrogens (tertiary/aromatic N) is 7. The molecule has 0 atom stereocenters. The van der Waals surface area contributed by atoms with Gasteiger partial charge in [0, 0.05) is 43.9 Å². The summed E-state index contributed by atoms with van der Waals surface area (Å²) in [6.45, 7) is 3.70. The van der Waals surface area contributed by atoms with Crippen molar-refractivity contribution in [2.24, 2.45) is 23.7 Å². The Morgan fingerprint density at radius 3 is 1.41 bits per heavy atom. The molecule has 8 aromatic rings. The van der Waals surface area contributed by atoms with Gasteiger partial charge in [-0.25, -0.2) is 29.3 Å². The van der Waals surface area contributed by atoms with E-state index in [-0.39, 0.29) is 17.2 Å². The maximum absolute atomic E-state index is 11.6. The molecule has 4 fully saturated rings. The third-order valence-corrected chi connectivity index (χ3v) is 16.9. The lowest BCUT2D eigenvalue weighted by atomic mass is 9.89. The summed E-state index contributed by atoms with van der Waals surface area (Å²) in [5, 5.41) is 28.8. The summed E-state index contributed by atoms with van der Waals surface area (Å²) in [6, 6.07) is 22.6. The highest BCUT2D eigenvalue weighted by atomic mass is 16.6. The highest BCUT2D eigenvalue weighted by Crippen LogP contribution is 2.32. The standard InChI is InChI=1S/C17H20N4O.C16H20N2O2.C15H20N2O4.C15H18N2O2/c22-17-9-15(19-20-17)13-6-7-14-16(8-13)21(11-18-14)10-12-4-2-1-3-5-12;1-20-16(19)13-7-8-14-15(9-13)18(11-17-14)10-12-5-3-2-4-6-12;1-21-15(18)12-7-8-14(17(19)20)13(9-12)16-10-11-5-3-2-4-6-11;18-15(19)12-6-7-13-14(8-12)17(10-16-13)9-11-4-2-1-3-5-11/h6-9,11-12H,1-5,10H2,(H2,19,20,22);7-9,11-12H,2-6,10H2,1H3;7-9,11,16H,2-6,10H2,1H3;6-8,10-11H,1-5,9H2,(H,18,19). The Morgan fingerprint density at radius 1 is 0.561 bits per heavy atom. The summed E-state index contributed by atoms with van der Waals surface area (Å²) >= 11 is 0. The predicted molar refractivity (Wildman–Crippen MR) is 317 cm³/mol. The fraction of sp³-hybridized carbons (Fsp3) is 0.476. The van der Waals surface area contributed by atoms with E-state index in [1.54, 1.807) is 30.3 Å². The number of aromatic nitrogens is 8. The fourth-order valence-electron chi connectivity index (χ4n) is 12.3. The number of nitrogens with one attached hydrogen (secondary N) is 3. The number of nitro groups is 1. The Morgan fingerprint density at radius 2 is 0.976 bits per heavy atom. The molecule has 19 heteroatoms. The van der Waals surface area contributed by atoms with E-state index >= 15 is 0 Å². The molecule has 4 aromatic heterocycles. The van der Waals surface area contributed by atoms with Gasteiger partial charge in [0.25, 0.3) is 11.2 Å². The SMILES string of the molecule is COC(=O)c1ccc([N+](=O)[O-])c(NCC2CCCCC2)c1.COC(=O)c1ccc2ncn(CC3CCCCC3)c2c1.O=C(O)c1ccc2ncn(CC3CCCCC3)c2c1.O=c1cc(-c2ccc3ncn(CC4CCCCC4)c3c2)[nH][nH]1. The number of ether oxygens (including phenoxy) is 2. The number of hydrogen-bond donors (Lipinski definition) is 4. The van der Waals surface area contributed by atoms with Crippen LogP contribution >= 0.6 is 0 Å². The first kappa shape index (κ1) is 58.6. The van der Waals surface area contributed by atoms with E-state index < -0.39 is 16.9 Å². The van der Waals surface area contributed by atoms with Crippen molar-refractivity contribution in [1.29, 1.82) is 0 Å². The number of benzene rings is 4. The largest absolute Gasteiger partial charge is 0.478 e. The van der Waals surface area contributed by atoms with E-state index in [0.29, 0.717) is 40.8 Å². The Balaban J connectivity index is 0.000000132. The zero-order valence-corrected chi connectivity index (χ0v) is 47.4. The summed E-state index contributed by atoms with van der Waals surface area (Å²) in [4.78, 5) is 69.4. The molecule has 4 aliphatic carbocycles. The number of esters is 2. The molecule has 0 aliphatic heterocycles. The van der Waals surface area contributed by atoms with Gasteiger partial charge in [0.15, 0.2) is 0 Å². The zero-order chi connectivity index (χ0) is 57.4. The lowest BCUT2D eigenvalue weighted by Gasteiger charge is -2.22. The molecule has 4 heterocycles. The molecule has 0 bridgehead atoms. The molecule has 4 N–H and O–H groups in total. The van der Waals surface area contributed by atoms with Crippen LogP contribution in [0.5, 0.6) is 0 Å². The molecular weight excluding hydrogens is 1040 g/mol. The van der Waals surface area contributed by atoms with Crippen LogP contribution in [0.15, 0.2) is 103 Å². The number of carboxylic acids is 1. The van der Waals surface area contributed by atoms with Crippen LogP contribution in [0.1, 0.15) is 159 Å². The van der Waals surface area contributed by atoms with Crippen LogP contribution in [-0.2, 0) is 29.1 Å². The summed E-state index contributed by atoms with van der Waals surface area (Å²) in [5.41, 5.74) is 9.25. The van der Waals surface area contributed by atoms with E-state index in [0.717, 1.165) is 88.7 Å². The van der Waals surface area contributed by atoms with Gasteiger partial charge in [-0.3, -0.25) is 25.1 Å². The number of imidazole rings is 3. The average Bonchev–Trinajstić information content (AvgIpc) is 4.48. The number of methoxy groups -OCH3 is 2. The van der Waals surface area contributed by atoms with Crippen molar-refractivity contribution < 1.29 is 33.9 Å². The highest BCUT2D eigenvalue weighted by Gasteiger charge is 2.22. The van der Waals surface area contributed by atoms with Crippen molar-refractivity contribution in [1.82, 2.24) is 38.9 Å². The third kappa shape index (κ3) is 15.5. The lowest BCUT2D eigenvalue weighted by molar-refractivity contribution is -0.384. The number of anilines is 1. The number of hydrogen-bond acceptors (Lipinski definition) is 12. The fourth-order valence-corrected chi connectivity index (χ4v) is 12.3. The molecule has 0 spiro atoms. The second kappa shape index (κ2) is 28.6. The molecule has 0 radical (unpaired) electrons. The molecule has 0 saturated heterocycles. The van der Waals surface area contributed by atoms with Crippen molar-refractivity contribution in [3.8, 4) is 11.3 Å². The Kier molecular flexibility index (Phi) is 20.4. The summed E-state index contributed by atoms with van der Waals surface area (Å²) in [6.07, 6.45) is 31.6. The first-order valence-corrected chi connectivity index (χ1v) is 29.5. The molecule has 0 amide bonds. The molecule has 0 unspecified atom stereocenters. The van der Waals surface area contributed by atoms with Gasteiger partial charge >= 0.3 is 17.9 Å². The van der Waals surface area contributed by atoms with Gasteiger partial charge in [-0.1, -0.05) is 83.1 Å². The van der Waals surface area contributed by atoms with Crippen molar-refractivity contribution in [2.75, 3.05) is 26.1 Å². The van der Waals surface area contributed by atoms with Crippen molar-refractivity contribution in [2.45, 2.75) is 148 Å². The van der Waals surface area contributed by atoms with Gasteiger partial charge in [0.1, 0.15) is 5.69 Å². The maximum Gasteiger partial charge on any atom is 0.337 e. The number of H-pyrrole nitrogens is 2. The Bertz CT molecular complexity index is 3480. The van der Waals surface area contributed by atoms with Crippen LogP contribution in [0.2, 0.25) is 0 Å². The van der Waals surface area contributed by atoms with Gasteiger partial charge in [0.2, 0.25) is 0 Å². The Labute approximate surface area is 477 Å². The van der Waals surface area contributed by atoms with E-state index in [9.17, 15) is 29.3 Å². The minimum atomic E-state index is -0.882. The van der Waals surface area contributed by atoms with Crippen molar-refractivity contribution in [3.63, 3.8) is 0 Å². The van der Waals surface area contributed by atoms with Crippen LogP contribution in [0.3, 0.4) is 0 Å². The van der Waals surface area contributed by atoms with Crippen LogP contribution in [0.4, 0.5) is 11.4 Å². The number of nitro benzene ring substituents is 1. The second-order valence-corrected chi connectivity index (χ2v) is 22.6. The van der Waals surface area contributed by atoms with Crippen molar-refractivity contribution in [3.05, 3.63) is 135 Å². The van der Waals surface area contributed by atoms with Gasteiger partial charge in [0.05, 0.1) is 93.6 Å². The first-order valence-electron chi connectivity index (χ1n) is 29.5. The van der Waals surface area contributed by atoms with Crippen LogP contribution in [0, 0.1) is 33.8 Å². The number of rotatable bonds is 14. The highest BCUT2D eigenvalue weighted by molar-refractivity contribution is 5.94. The van der Waals surface area contributed by atoms with Gasteiger partial charge < -0.3 is 33.6 Å².